The average Bonchev–Trinajstić information content (AvgIpc) is 3.24. The van der Waals surface area contributed by atoms with Gasteiger partial charge in [-0.25, -0.2) is 26.4 Å². The van der Waals surface area contributed by atoms with Crippen molar-refractivity contribution < 1.29 is 40.7 Å². The number of hydrogen-bond donors (Lipinski definition) is 2. The zero-order valence-corrected chi connectivity index (χ0v) is 20.9. The van der Waals surface area contributed by atoms with E-state index in [0.29, 0.717) is 9.87 Å². The fourth-order valence-electron chi connectivity index (χ4n) is 4.08. The number of nitrogens with zero attached hydrogens (tertiary/aromatic N) is 1. The van der Waals surface area contributed by atoms with Gasteiger partial charge in [-0.2, -0.15) is 0 Å². The first-order valence-corrected chi connectivity index (χ1v) is 12.9. The Hall–Kier alpha value is -4.32. The van der Waals surface area contributed by atoms with Gasteiger partial charge in [0.2, 0.25) is 10.0 Å². The van der Waals surface area contributed by atoms with Gasteiger partial charge < -0.3 is 14.8 Å². The molecule has 12 heteroatoms. The molecule has 0 aliphatic heterocycles. The van der Waals surface area contributed by atoms with E-state index in [2.05, 4.69) is 5.32 Å². The number of benzene rings is 3. The van der Waals surface area contributed by atoms with Crippen LogP contribution in [0.5, 0.6) is 0 Å². The van der Waals surface area contributed by atoms with Gasteiger partial charge in [0.15, 0.2) is 0 Å². The van der Waals surface area contributed by atoms with Gasteiger partial charge in [-0.05, 0) is 48.0 Å². The van der Waals surface area contributed by atoms with E-state index in [1.165, 1.54) is 67.7 Å². The maximum Gasteiger partial charge on any atom is 0.335 e. The van der Waals surface area contributed by atoms with Crippen LogP contribution in [-0.2, 0) is 10.0 Å². The molecule has 2 N–H and O–H groups in total. The minimum Gasteiger partial charge on any atom is -0.478 e. The van der Waals surface area contributed by atoms with E-state index in [1.54, 1.807) is 0 Å². The normalized spacial score (nSPS) is 11.6. The van der Waals surface area contributed by atoms with Crippen LogP contribution in [0.15, 0.2) is 65.1 Å². The summed E-state index contributed by atoms with van der Waals surface area (Å²) in [5, 5.41) is 12.2. The summed E-state index contributed by atoms with van der Waals surface area (Å²) >= 11 is 0. The maximum absolute atomic E-state index is 13.5. The van der Waals surface area contributed by atoms with Gasteiger partial charge in [0, 0.05) is 29.6 Å². The number of nitrogens with one attached hydrogen (secondary N) is 1. The van der Waals surface area contributed by atoms with E-state index in [9.17, 15) is 36.3 Å². The Bertz CT molecular complexity index is 1650. The van der Waals surface area contributed by atoms with E-state index in [-0.39, 0.29) is 44.7 Å². The number of amides is 1. The molecule has 0 unspecified atom stereocenters. The Balaban J connectivity index is 2.11. The number of fused-ring (bicyclic) bond motifs is 1. The van der Waals surface area contributed by atoms with Crippen molar-refractivity contribution in [3.63, 3.8) is 0 Å². The molecule has 3 aromatic carbocycles. The summed E-state index contributed by atoms with van der Waals surface area (Å²) in [7, 11) is -2.86. The summed E-state index contributed by atoms with van der Waals surface area (Å²) in [6, 6.07) is 13.2. The van der Waals surface area contributed by atoms with Crippen molar-refractivity contribution in [3.8, 4) is 22.5 Å². The van der Waals surface area contributed by atoms with E-state index in [4.69, 9.17) is 4.42 Å². The van der Waals surface area contributed by atoms with Crippen LogP contribution in [0.3, 0.4) is 0 Å². The number of alkyl halides is 2. The second-order valence-electron chi connectivity index (χ2n) is 8.33. The number of carboxylic acids is 1. The molecule has 0 aliphatic rings. The summed E-state index contributed by atoms with van der Waals surface area (Å²) in [6.45, 7) is -1.18. The SMILES string of the molecule is CNC(=O)c1c(-c2ccc(F)cc2)oc2cc(N(CC(F)F)S(C)(=O)=O)c(-c3cccc(C(=O)O)c3)cc12. The van der Waals surface area contributed by atoms with Crippen molar-refractivity contribution in [2.24, 2.45) is 0 Å². The van der Waals surface area contributed by atoms with Crippen LogP contribution in [0.1, 0.15) is 20.7 Å². The summed E-state index contributed by atoms with van der Waals surface area (Å²) in [5.74, 6) is -2.31. The van der Waals surface area contributed by atoms with Crippen LogP contribution in [-0.4, -0.2) is 51.7 Å². The van der Waals surface area contributed by atoms with Gasteiger partial charge in [0.1, 0.15) is 17.2 Å². The smallest absolute Gasteiger partial charge is 0.335 e. The van der Waals surface area contributed by atoms with Gasteiger partial charge in [0.05, 0.1) is 29.6 Å². The standard InChI is InChI=1S/C26H21F3N2O6S/c1-30-25(32)23-19-11-18(15-4-3-5-16(10-15)26(33)34)20(31(13-22(28)29)38(2,35)36)12-21(19)37-24(23)14-6-8-17(27)9-7-14/h3-12,22H,13H2,1-2H3,(H,30,32)(H,33,34). The monoisotopic (exact) mass is 546 g/mol. The Morgan fingerprint density at radius 3 is 2.32 bits per heavy atom. The second kappa shape index (κ2) is 10.2. The van der Waals surface area contributed by atoms with E-state index < -0.39 is 40.7 Å². The predicted octanol–water partition coefficient (Wildman–Crippen LogP) is 4.99. The van der Waals surface area contributed by atoms with Gasteiger partial charge in [-0.1, -0.05) is 12.1 Å². The lowest BCUT2D eigenvalue weighted by molar-refractivity contribution is 0.0696. The second-order valence-corrected chi connectivity index (χ2v) is 10.2. The number of sulfonamides is 1. The van der Waals surface area contributed by atoms with Gasteiger partial charge in [-0.15, -0.1) is 0 Å². The zero-order valence-electron chi connectivity index (χ0n) is 20.0. The van der Waals surface area contributed by atoms with Crippen molar-refractivity contribution in [2.45, 2.75) is 6.43 Å². The molecule has 0 saturated heterocycles. The highest BCUT2D eigenvalue weighted by Crippen LogP contribution is 2.42. The number of rotatable bonds is 8. The molecule has 198 valence electrons. The fourth-order valence-corrected chi connectivity index (χ4v) is 4.97. The first-order chi connectivity index (χ1) is 17.9. The van der Waals surface area contributed by atoms with Crippen molar-refractivity contribution in [3.05, 3.63) is 77.6 Å². The number of furan rings is 1. The quantitative estimate of drug-likeness (QED) is 0.322. The van der Waals surface area contributed by atoms with Crippen LogP contribution in [0, 0.1) is 5.82 Å². The molecule has 8 nitrogen and oxygen atoms in total. The van der Waals surface area contributed by atoms with E-state index in [1.807, 2.05) is 0 Å². The number of carboxylic acid groups (broad SMARTS) is 1. The summed E-state index contributed by atoms with van der Waals surface area (Å²) < 4.78 is 72.2. The molecule has 1 heterocycles. The van der Waals surface area contributed by atoms with Gasteiger partial charge >= 0.3 is 5.97 Å². The Kier molecular flexibility index (Phi) is 7.18. The highest BCUT2D eigenvalue weighted by Gasteiger charge is 2.29. The van der Waals surface area contributed by atoms with E-state index in [0.717, 1.165) is 6.26 Å². The van der Waals surface area contributed by atoms with Crippen molar-refractivity contribution in [1.29, 1.82) is 0 Å². The Labute approximate surface area is 215 Å². The lowest BCUT2D eigenvalue weighted by Crippen LogP contribution is -2.34. The van der Waals surface area contributed by atoms with Crippen molar-refractivity contribution in [1.82, 2.24) is 5.32 Å². The van der Waals surface area contributed by atoms with Gasteiger partial charge in [-0.3, -0.25) is 9.10 Å². The van der Waals surface area contributed by atoms with E-state index >= 15 is 0 Å². The molecule has 0 spiro atoms. The van der Waals surface area contributed by atoms with Crippen molar-refractivity contribution >= 4 is 38.6 Å². The zero-order chi connectivity index (χ0) is 27.8. The highest BCUT2D eigenvalue weighted by atomic mass is 32.2. The third kappa shape index (κ3) is 5.21. The molecular weight excluding hydrogens is 525 g/mol. The summed E-state index contributed by atoms with van der Waals surface area (Å²) in [6.07, 6.45) is -2.27. The average molecular weight is 547 g/mol. The molecule has 1 amide bonds. The number of halogens is 3. The lowest BCUT2D eigenvalue weighted by Gasteiger charge is -2.25. The lowest BCUT2D eigenvalue weighted by atomic mass is 9.97. The molecule has 0 saturated carbocycles. The van der Waals surface area contributed by atoms with Gasteiger partial charge in [0.25, 0.3) is 12.3 Å². The number of carbonyl (C=O) groups is 2. The molecule has 0 bridgehead atoms. The predicted molar refractivity (Wildman–Crippen MR) is 136 cm³/mol. The number of aromatic carboxylic acids is 1. The molecule has 0 aliphatic carbocycles. The largest absolute Gasteiger partial charge is 0.478 e. The summed E-state index contributed by atoms with van der Waals surface area (Å²) in [5.41, 5.74) is 0.324. The number of hydrogen-bond acceptors (Lipinski definition) is 5. The summed E-state index contributed by atoms with van der Waals surface area (Å²) in [4.78, 5) is 24.5. The highest BCUT2D eigenvalue weighted by molar-refractivity contribution is 7.92. The number of anilines is 1. The minimum atomic E-state index is -4.25. The molecule has 1 aromatic heterocycles. The Morgan fingerprint density at radius 1 is 1.05 bits per heavy atom. The molecule has 38 heavy (non-hydrogen) atoms. The maximum atomic E-state index is 13.5. The Morgan fingerprint density at radius 2 is 1.74 bits per heavy atom. The number of carbonyl (C=O) groups excluding carboxylic acids is 1. The third-order valence-electron chi connectivity index (χ3n) is 5.76. The fraction of sp³-hybridized carbons (Fsp3) is 0.154. The molecule has 0 atom stereocenters. The van der Waals surface area contributed by atoms with Crippen LogP contribution in [0.4, 0.5) is 18.9 Å². The topological polar surface area (TPSA) is 117 Å². The van der Waals surface area contributed by atoms with Crippen LogP contribution in [0.25, 0.3) is 33.4 Å². The molecule has 0 fully saturated rings. The molecule has 4 aromatic rings. The first kappa shape index (κ1) is 26.7. The molecular formula is C26H21F3N2O6S. The van der Waals surface area contributed by atoms with Crippen LogP contribution in [0.2, 0.25) is 0 Å². The molecule has 4 rings (SSSR count). The van der Waals surface area contributed by atoms with Crippen LogP contribution < -0.4 is 9.62 Å². The minimum absolute atomic E-state index is 0.000944. The van der Waals surface area contributed by atoms with Crippen LogP contribution >= 0.6 is 0 Å². The third-order valence-corrected chi connectivity index (χ3v) is 6.91. The van der Waals surface area contributed by atoms with Crippen molar-refractivity contribution in [2.75, 3.05) is 24.2 Å². The first-order valence-electron chi connectivity index (χ1n) is 11.1. The molecule has 0 radical (unpaired) electrons.